The molecule has 0 heterocycles. The molecule has 0 radical (unpaired) electrons. The lowest BCUT2D eigenvalue weighted by Crippen LogP contribution is -2.26. The van der Waals surface area contributed by atoms with Crippen LogP contribution in [-0.4, -0.2) is 25.6 Å². The Morgan fingerprint density at radius 1 is 1.25 bits per heavy atom. The molecule has 0 fully saturated rings. The highest BCUT2D eigenvalue weighted by atomic mass is 16.5. The Morgan fingerprint density at radius 3 is 2.70 bits per heavy atom. The van der Waals surface area contributed by atoms with E-state index in [1.54, 1.807) is 0 Å². The molecule has 0 saturated heterocycles. The summed E-state index contributed by atoms with van der Waals surface area (Å²) in [7, 11) is 0. The minimum absolute atomic E-state index is 0.0315. The summed E-state index contributed by atoms with van der Waals surface area (Å²) in [6, 6.07) is 4.15. The van der Waals surface area contributed by atoms with Crippen LogP contribution in [0.5, 0.6) is 5.75 Å². The lowest BCUT2D eigenvalue weighted by Gasteiger charge is -2.12. The van der Waals surface area contributed by atoms with E-state index in [1.165, 1.54) is 11.1 Å². The second-order valence-electron chi connectivity index (χ2n) is 5.15. The Hall–Kier alpha value is -1.55. The van der Waals surface area contributed by atoms with Gasteiger partial charge in [-0.2, -0.15) is 0 Å². The first-order chi connectivity index (χ1) is 9.54. The zero-order valence-electron chi connectivity index (χ0n) is 12.8. The van der Waals surface area contributed by atoms with E-state index in [0.717, 1.165) is 24.2 Å². The molecule has 0 bridgehead atoms. The van der Waals surface area contributed by atoms with Crippen LogP contribution in [0.3, 0.4) is 0 Å². The number of benzene rings is 1. The van der Waals surface area contributed by atoms with Gasteiger partial charge in [-0.15, -0.1) is 0 Å². The lowest BCUT2D eigenvalue weighted by molar-refractivity contribution is -0.121. The van der Waals surface area contributed by atoms with Crippen LogP contribution in [-0.2, 0) is 4.79 Å². The molecule has 1 aromatic rings. The third kappa shape index (κ3) is 5.61. The van der Waals surface area contributed by atoms with Crippen LogP contribution >= 0.6 is 0 Å². The smallest absolute Gasteiger partial charge is 0.223 e. The summed E-state index contributed by atoms with van der Waals surface area (Å²) in [4.78, 5) is 11.6. The number of amides is 1. The highest BCUT2D eigenvalue weighted by Gasteiger charge is 2.06. The summed E-state index contributed by atoms with van der Waals surface area (Å²) < 4.78 is 5.72. The Balaban J connectivity index is 2.32. The maximum atomic E-state index is 11.6. The monoisotopic (exact) mass is 278 g/mol. The van der Waals surface area contributed by atoms with E-state index in [9.17, 15) is 4.79 Å². The topological polar surface area (TPSA) is 64.3 Å². The van der Waals surface area contributed by atoms with Crippen molar-refractivity contribution in [3.8, 4) is 5.75 Å². The van der Waals surface area contributed by atoms with Crippen LogP contribution in [0.1, 0.15) is 36.0 Å². The zero-order valence-corrected chi connectivity index (χ0v) is 12.8. The molecule has 0 unspecified atom stereocenters. The van der Waals surface area contributed by atoms with Crippen molar-refractivity contribution in [3.05, 3.63) is 28.8 Å². The Bertz CT molecular complexity index is 444. The van der Waals surface area contributed by atoms with Gasteiger partial charge in [0.25, 0.3) is 0 Å². The summed E-state index contributed by atoms with van der Waals surface area (Å²) in [5.74, 6) is 0.905. The molecule has 20 heavy (non-hydrogen) atoms. The predicted molar refractivity (Wildman–Crippen MR) is 82.1 cm³/mol. The summed E-state index contributed by atoms with van der Waals surface area (Å²) in [6.45, 7) is 7.93. The average molecular weight is 278 g/mol. The van der Waals surface area contributed by atoms with Gasteiger partial charge in [0.05, 0.1) is 13.0 Å². The molecule has 1 aromatic carbocycles. The SMILES string of the molecule is Cc1cc(C)c(C)c(OCCC(=O)NCCCCN)c1. The molecule has 0 saturated carbocycles. The first-order valence-corrected chi connectivity index (χ1v) is 7.22. The van der Waals surface area contributed by atoms with Crippen LogP contribution in [0.2, 0.25) is 0 Å². The number of hydrogen-bond donors (Lipinski definition) is 2. The fourth-order valence-corrected chi connectivity index (χ4v) is 1.99. The minimum atomic E-state index is 0.0315. The fourth-order valence-electron chi connectivity index (χ4n) is 1.99. The molecule has 0 aromatic heterocycles. The van der Waals surface area contributed by atoms with Gasteiger partial charge in [-0.25, -0.2) is 0 Å². The highest BCUT2D eigenvalue weighted by molar-refractivity contribution is 5.75. The van der Waals surface area contributed by atoms with Gasteiger partial charge in [-0.3, -0.25) is 4.79 Å². The Kier molecular flexibility index (Phi) is 7.09. The maximum Gasteiger partial charge on any atom is 0.223 e. The molecule has 112 valence electrons. The summed E-state index contributed by atoms with van der Waals surface area (Å²) in [5, 5.41) is 2.87. The third-order valence-corrected chi connectivity index (χ3v) is 3.30. The average Bonchev–Trinajstić information content (AvgIpc) is 2.40. The molecule has 4 heteroatoms. The van der Waals surface area contributed by atoms with E-state index in [0.29, 0.717) is 26.1 Å². The van der Waals surface area contributed by atoms with E-state index in [-0.39, 0.29) is 5.91 Å². The van der Waals surface area contributed by atoms with E-state index >= 15 is 0 Å². The van der Waals surface area contributed by atoms with Crippen LogP contribution in [0.25, 0.3) is 0 Å². The number of nitrogens with one attached hydrogen (secondary N) is 1. The number of carbonyl (C=O) groups is 1. The first kappa shape index (κ1) is 16.5. The normalized spacial score (nSPS) is 10.4. The second-order valence-corrected chi connectivity index (χ2v) is 5.15. The number of hydrogen-bond acceptors (Lipinski definition) is 3. The Morgan fingerprint density at radius 2 is 2.00 bits per heavy atom. The van der Waals surface area contributed by atoms with Gasteiger partial charge in [-0.1, -0.05) is 6.07 Å². The highest BCUT2D eigenvalue weighted by Crippen LogP contribution is 2.23. The molecule has 1 amide bonds. The lowest BCUT2D eigenvalue weighted by atomic mass is 10.1. The van der Waals surface area contributed by atoms with Crippen molar-refractivity contribution in [1.82, 2.24) is 5.32 Å². The van der Waals surface area contributed by atoms with Crippen molar-refractivity contribution in [1.29, 1.82) is 0 Å². The van der Waals surface area contributed by atoms with Crippen molar-refractivity contribution >= 4 is 5.91 Å². The summed E-state index contributed by atoms with van der Waals surface area (Å²) >= 11 is 0. The van der Waals surface area contributed by atoms with E-state index in [1.807, 2.05) is 19.9 Å². The van der Waals surface area contributed by atoms with Crippen LogP contribution in [0.15, 0.2) is 12.1 Å². The molecule has 0 aliphatic heterocycles. The van der Waals surface area contributed by atoms with Crippen molar-refractivity contribution in [2.24, 2.45) is 5.73 Å². The maximum absolute atomic E-state index is 11.6. The zero-order chi connectivity index (χ0) is 15.0. The number of ether oxygens (including phenoxy) is 1. The second kappa shape index (κ2) is 8.59. The molecule has 1 rings (SSSR count). The first-order valence-electron chi connectivity index (χ1n) is 7.22. The van der Waals surface area contributed by atoms with E-state index in [2.05, 4.69) is 18.3 Å². The summed E-state index contributed by atoms with van der Waals surface area (Å²) in [5.41, 5.74) is 8.92. The standard InChI is InChI=1S/C16H26N2O2/c1-12-10-13(2)14(3)15(11-12)20-9-6-16(19)18-8-5-4-7-17/h10-11H,4-9,17H2,1-3H3,(H,18,19). The van der Waals surface area contributed by atoms with Crippen LogP contribution in [0, 0.1) is 20.8 Å². The molecule has 0 atom stereocenters. The minimum Gasteiger partial charge on any atom is -0.493 e. The Labute approximate surface area is 121 Å². The van der Waals surface area contributed by atoms with Gasteiger partial charge in [0, 0.05) is 6.54 Å². The summed E-state index contributed by atoms with van der Waals surface area (Å²) in [6.07, 6.45) is 2.26. The van der Waals surface area contributed by atoms with Crippen molar-refractivity contribution < 1.29 is 9.53 Å². The van der Waals surface area contributed by atoms with Crippen LogP contribution in [0.4, 0.5) is 0 Å². The number of aryl methyl sites for hydroxylation is 2. The molecule has 3 N–H and O–H groups in total. The van der Waals surface area contributed by atoms with Gasteiger partial charge < -0.3 is 15.8 Å². The molecule has 0 aliphatic rings. The molecular formula is C16H26N2O2. The molecule has 0 spiro atoms. The van der Waals surface area contributed by atoms with Crippen molar-refractivity contribution in [2.75, 3.05) is 19.7 Å². The number of rotatable bonds is 8. The quantitative estimate of drug-likeness (QED) is 0.717. The predicted octanol–water partition coefficient (Wildman–Crippen LogP) is 2.24. The fraction of sp³-hybridized carbons (Fsp3) is 0.562. The molecular weight excluding hydrogens is 252 g/mol. The molecule has 4 nitrogen and oxygen atoms in total. The molecule has 0 aliphatic carbocycles. The van der Waals surface area contributed by atoms with Crippen molar-refractivity contribution in [2.45, 2.75) is 40.0 Å². The number of unbranched alkanes of at least 4 members (excludes halogenated alkanes) is 1. The van der Waals surface area contributed by atoms with Gasteiger partial charge in [-0.05, 0) is 62.9 Å². The van der Waals surface area contributed by atoms with Crippen molar-refractivity contribution in [3.63, 3.8) is 0 Å². The van der Waals surface area contributed by atoms with Crippen LogP contribution < -0.4 is 15.8 Å². The van der Waals surface area contributed by atoms with E-state index in [4.69, 9.17) is 10.5 Å². The van der Waals surface area contributed by atoms with Gasteiger partial charge >= 0.3 is 0 Å². The van der Waals surface area contributed by atoms with E-state index < -0.39 is 0 Å². The van der Waals surface area contributed by atoms with Gasteiger partial charge in [0.1, 0.15) is 5.75 Å². The van der Waals surface area contributed by atoms with Gasteiger partial charge in [0.15, 0.2) is 0 Å². The number of nitrogens with two attached hydrogens (primary N) is 1. The van der Waals surface area contributed by atoms with Gasteiger partial charge in [0.2, 0.25) is 5.91 Å². The largest absolute Gasteiger partial charge is 0.493 e. The number of carbonyl (C=O) groups excluding carboxylic acids is 1. The third-order valence-electron chi connectivity index (χ3n) is 3.30.